The second-order valence-corrected chi connectivity index (χ2v) is 5.07. The Morgan fingerprint density at radius 1 is 1.00 bits per heavy atom. The molecular weight excluding hydrogens is 204 g/mol. The van der Waals surface area contributed by atoms with E-state index in [1.807, 2.05) is 0 Å². The van der Waals surface area contributed by atoms with Crippen LogP contribution in [0.1, 0.15) is 63.5 Å². The quantitative estimate of drug-likeness (QED) is 0.429. The summed E-state index contributed by atoms with van der Waals surface area (Å²) in [5.74, 6) is 0.633. The predicted octanol–water partition coefficient (Wildman–Crippen LogP) is 5.49. The van der Waals surface area contributed by atoms with Gasteiger partial charge in [0.2, 0.25) is 0 Å². The first-order chi connectivity index (χ1) is 8.24. The Bertz CT molecular complexity index is 316. The normalized spacial score (nSPS) is 11.5. The Morgan fingerprint density at radius 2 is 1.71 bits per heavy atom. The molecule has 1 aromatic carbocycles. The van der Waals surface area contributed by atoms with Crippen LogP contribution >= 0.6 is 0 Å². The second-order valence-electron chi connectivity index (χ2n) is 5.07. The summed E-state index contributed by atoms with van der Waals surface area (Å²) in [4.78, 5) is 0. The van der Waals surface area contributed by atoms with Gasteiger partial charge in [-0.2, -0.15) is 0 Å². The van der Waals surface area contributed by atoms with Crippen molar-refractivity contribution in [1.82, 2.24) is 0 Å². The molecule has 0 aliphatic rings. The highest BCUT2D eigenvalue weighted by atomic mass is 14.0. The standard InChI is InChI=1S/C17H26/c1-4-5-6-7-8-9-10-16-11-13-17(14-12-16)15(2)3/h8-9,11-15H,4-7,10H2,1-3H3/b9-8+. The van der Waals surface area contributed by atoms with Gasteiger partial charge < -0.3 is 0 Å². The highest BCUT2D eigenvalue weighted by Crippen LogP contribution is 2.15. The molecule has 0 spiro atoms. The van der Waals surface area contributed by atoms with Crippen molar-refractivity contribution in [3.05, 3.63) is 47.5 Å². The van der Waals surface area contributed by atoms with Crippen molar-refractivity contribution >= 4 is 0 Å². The van der Waals surface area contributed by atoms with Gasteiger partial charge in [0.25, 0.3) is 0 Å². The summed E-state index contributed by atoms with van der Waals surface area (Å²) < 4.78 is 0. The molecule has 0 radical (unpaired) electrons. The van der Waals surface area contributed by atoms with Crippen molar-refractivity contribution in [2.75, 3.05) is 0 Å². The maximum atomic E-state index is 2.33. The van der Waals surface area contributed by atoms with Gasteiger partial charge in [-0.25, -0.2) is 0 Å². The van der Waals surface area contributed by atoms with Gasteiger partial charge in [-0.05, 0) is 36.3 Å². The summed E-state index contributed by atoms with van der Waals surface area (Å²) in [7, 11) is 0. The summed E-state index contributed by atoms with van der Waals surface area (Å²) in [5.41, 5.74) is 2.85. The lowest BCUT2D eigenvalue weighted by Crippen LogP contribution is -1.88. The molecule has 0 N–H and O–H groups in total. The molecule has 0 bridgehead atoms. The fraction of sp³-hybridized carbons (Fsp3) is 0.529. The number of allylic oxidation sites excluding steroid dienone is 2. The van der Waals surface area contributed by atoms with Gasteiger partial charge in [0.15, 0.2) is 0 Å². The van der Waals surface area contributed by atoms with Crippen LogP contribution in [0.5, 0.6) is 0 Å². The van der Waals surface area contributed by atoms with E-state index in [0.717, 1.165) is 6.42 Å². The smallest absolute Gasteiger partial charge is 0.00975 e. The molecule has 0 atom stereocenters. The van der Waals surface area contributed by atoms with Crippen molar-refractivity contribution in [2.24, 2.45) is 0 Å². The topological polar surface area (TPSA) is 0 Å². The lowest BCUT2D eigenvalue weighted by atomic mass is 10.0. The van der Waals surface area contributed by atoms with Crippen molar-refractivity contribution < 1.29 is 0 Å². The Morgan fingerprint density at radius 3 is 2.29 bits per heavy atom. The number of rotatable bonds is 7. The van der Waals surface area contributed by atoms with E-state index >= 15 is 0 Å². The van der Waals surface area contributed by atoms with E-state index in [9.17, 15) is 0 Å². The van der Waals surface area contributed by atoms with Crippen LogP contribution in [0.15, 0.2) is 36.4 Å². The van der Waals surface area contributed by atoms with Gasteiger partial charge in [-0.15, -0.1) is 0 Å². The summed E-state index contributed by atoms with van der Waals surface area (Å²) in [5, 5.41) is 0. The Labute approximate surface area is 107 Å². The molecule has 0 saturated carbocycles. The molecule has 0 nitrogen and oxygen atoms in total. The average Bonchev–Trinajstić information content (AvgIpc) is 2.34. The summed E-state index contributed by atoms with van der Waals surface area (Å²) in [6, 6.07) is 9.02. The number of hydrogen-bond acceptors (Lipinski definition) is 0. The van der Waals surface area contributed by atoms with E-state index in [1.165, 1.54) is 36.8 Å². The van der Waals surface area contributed by atoms with E-state index < -0.39 is 0 Å². The molecule has 0 saturated heterocycles. The maximum Gasteiger partial charge on any atom is -0.00975 e. The van der Waals surface area contributed by atoms with Crippen molar-refractivity contribution in [2.45, 2.75) is 58.8 Å². The summed E-state index contributed by atoms with van der Waals surface area (Å²) in [6.45, 7) is 6.73. The lowest BCUT2D eigenvalue weighted by molar-refractivity contribution is 0.728. The molecule has 0 aliphatic carbocycles. The highest BCUT2D eigenvalue weighted by molar-refractivity contribution is 5.25. The van der Waals surface area contributed by atoms with Crippen LogP contribution in [0.3, 0.4) is 0 Å². The van der Waals surface area contributed by atoms with Gasteiger partial charge in [-0.1, -0.05) is 70.0 Å². The lowest BCUT2D eigenvalue weighted by Gasteiger charge is -2.05. The van der Waals surface area contributed by atoms with Crippen LogP contribution in [0.4, 0.5) is 0 Å². The predicted molar refractivity (Wildman–Crippen MR) is 77.5 cm³/mol. The molecule has 0 amide bonds. The molecule has 1 rings (SSSR count). The fourth-order valence-electron chi connectivity index (χ4n) is 1.89. The molecule has 94 valence electrons. The third kappa shape index (κ3) is 5.72. The van der Waals surface area contributed by atoms with E-state index in [0.29, 0.717) is 5.92 Å². The molecule has 0 unspecified atom stereocenters. The minimum absolute atomic E-state index is 0.633. The van der Waals surface area contributed by atoms with Gasteiger partial charge in [0.1, 0.15) is 0 Å². The monoisotopic (exact) mass is 230 g/mol. The van der Waals surface area contributed by atoms with E-state index in [2.05, 4.69) is 57.2 Å². The molecule has 0 heteroatoms. The van der Waals surface area contributed by atoms with Crippen molar-refractivity contribution in [3.8, 4) is 0 Å². The third-order valence-corrected chi connectivity index (χ3v) is 3.14. The maximum absolute atomic E-state index is 2.33. The van der Waals surface area contributed by atoms with Gasteiger partial charge in [0.05, 0.1) is 0 Å². The van der Waals surface area contributed by atoms with Crippen LogP contribution in [-0.2, 0) is 6.42 Å². The van der Waals surface area contributed by atoms with E-state index in [1.54, 1.807) is 0 Å². The van der Waals surface area contributed by atoms with Crippen molar-refractivity contribution in [3.63, 3.8) is 0 Å². The van der Waals surface area contributed by atoms with E-state index in [4.69, 9.17) is 0 Å². The van der Waals surface area contributed by atoms with Crippen molar-refractivity contribution in [1.29, 1.82) is 0 Å². The average molecular weight is 230 g/mol. The van der Waals surface area contributed by atoms with Crippen LogP contribution in [0, 0.1) is 0 Å². The second kappa shape index (κ2) is 8.11. The Kier molecular flexibility index (Phi) is 6.69. The Balaban J connectivity index is 2.32. The molecule has 0 aliphatic heterocycles. The molecule has 1 aromatic rings. The molecule has 0 fully saturated rings. The van der Waals surface area contributed by atoms with Gasteiger partial charge >= 0.3 is 0 Å². The summed E-state index contributed by atoms with van der Waals surface area (Å²) in [6.07, 6.45) is 10.9. The van der Waals surface area contributed by atoms with E-state index in [-0.39, 0.29) is 0 Å². The SMILES string of the molecule is CCCCC/C=C/Cc1ccc(C(C)C)cc1. The largest absolute Gasteiger partial charge is 0.0882 e. The fourth-order valence-corrected chi connectivity index (χ4v) is 1.89. The molecule has 0 aromatic heterocycles. The first-order valence-corrected chi connectivity index (χ1v) is 6.98. The molecule has 17 heavy (non-hydrogen) atoms. The molecule has 0 heterocycles. The molecular formula is C17H26. The Hall–Kier alpha value is -1.04. The zero-order chi connectivity index (χ0) is 12.5. The first kappa shape index (κ1) is 14.0. The van der Waals surface area contributed by atoms with Crippen LogP contribution in [-0.4, -0.2) is 0 Å². The number of benzene rings is 1. The third-order valence-electron chi connectivity index (χ3n) is 3.14. The van der Waals surface area contributed by atoms with Gasteiger partial charge in [0, 0.05) is 0 Å². The first-order valence-electron chi connectivity index (χ1n) is 6.98. The highest BCUT2D eigenvalue weighted by Gasteiger charge is 1.97. The minimum Gasteiger partial charge on any atom is -0.0882 e. The zero-order valence-electron chi connectivity index (χ0n) is 11.6. The minimum atomic E-state index is 0.633. The zero-order valence-corrected chi connectivity index (χ0v) is 11.6. The van der Waals surface area contributed by atoms with Crippen LogP contribution in [0.25, 0.3) is 0 Å². The van der Waals surface area contributed by atoms with Crippen LogP contribution in [0.2, 0.25) is 0 Å². The number of hydrogen-bond donors (Lipinski definition) is 0. The van der Waals surface area contributed by atoms with Crippen LogP contribution < -0.4 is 0 Å². The number of unbranched alkanes of at least 4 members (excludes halogenated alkanes) is 3. The van der Waals surface area contributed by atoms with Gasteiger partial charge in [-0.3, -0.25) is 0 Å². The summed E-state index contributed by atoms with van der Waals surface area (Å²) >= 11 is 0.